The molecule has 2 rings (SSSR count). The van der Waals surface area contributed by atoms with Crippen LogP contribution in [0.2, 0.25) is 4.34 Å². The molecule has 5 heteroatoms. The largest absolute Gasteiger partial charge is 0.491 e. The minimum absolute atomic E-state index is 0.0578. The molecular formula is C16H15ClO3S. The number of allylic oxidation sites excluding steroid dienone is 1. The number of thiophene rings is 1. The van der Waals surface area contributed by atoms with Gasteiger partial charge < -0.3 is 9.47 Å². The summed E-state index contributed by atoms with van der Waals surface area (Å²) in [4.78, 5) is 12.6. The van der Waals surface area contributed by atoms with E-state index in [1.807, 2.05) is 24.3 Å². The molecule has 0 unspecified atom stereocenters. The van der Waals surface area contributed by atoms with Gasteiger partial charge in [0, 0.05) is 7.11 Å². The number of hydrogen-bond donors (Lipinski definition) is 0. The molecule has 0 aliphatic rings. The van der Waals surface area contributed by atoms with Crippen LogP contribution in [0.25, 0.3) is 6.08 Å². The van der Waals surface area contributed by atoms with Crippen LogP contribution < -0.4 is 4.74 Å². The van der Waals surface area contributed by atoms with Crippen LogP contribution in [0, 0.1) is 0 Å². The van der Waals surface area contributed by atoms with Crippen molar-refractivity contribution in [3.63, 3.8) is 0 Å². The average Bonchev–Trinajstić information content (AvgIpc) is 2.92. The van der Waals surface area contributed by atoms with E-state index in [4.69, 9.17) is 21.1 Å². The van der Waals surface area contributed by atoms with E-state index in [1.54, 1.807) is 25.3 Å². The molecule has 1 aromatic carbocycles. The number of ether oxygens (including phenoxy) is 2. The maximum atomic E-state index is 11.9. The lowest BCUT2D eigenvalue weighted by molar-refractivity contribution is 0.105. The third-order valence-electron chi connectivity index (χ3n) is 2.66. The van der Waals surface area contributed by atoms with E-state index in [-0.39, 0.29) is 5.78 Å². The van der Waals surface area contributed by atoms with Gasteiger partial charge in [-0.1, -0.05) is 29.8 Å². The van der Waals surface area contributed by atoms with Crippen molar-refractivity contribution >= 4 is 34.8 Å². The Labute approximate surface area is 132 Å². The normalized spacial score (nSPS) is 11.0. The van der Waals surface area contributed by atoms with Crippen LogP contribution in [0.3, 0.4) is 0 Å². The minimum atomic E-state index is -0.0578. The number of rotatable bonds is 7. The highest BCUT2D eigenvalue weighted by atomic mass is 35.5. The fourth-order valence-electron chi connectivity index (χ4n) is 1.65. The number of benzene rings is 1. The molecule has 1 aromatic heterocycles. The highest BCUT2D eigenvalue weighted by Gasteiger charge is 2.04. The lowest BCUT2D eigenvalue weighted by Crippen LogP contribution is -2.04. The predicted octanol–water partition coefficient (Wildman–Crippen LogP) is 4.32. The summed E-state index contributed by atoms with van der Waals surface area (Å²) in [7, 11) is 1.63. The van der Waals surface area contributed by atoms with Gasteiger partial charge in [0.1, 0.15) is 12.4 Å². The summed E-state index contributed by atoms with van der Waals surface area (Å²) in [5, 5.41) is 0. The van der Waals surface area contributed by atoms with E-state index >= 15 is 0 Å². The molecule has 0 spiro atoms. The van der Waals surface area contributed by atoms with E-state index in [9.17, 15) is 4.79 Å². The van der Waals surface area contributed by atoms with E-state index < -0.39 is 0 Å². The van der Waals surface area contributed by atoms with Crippen LogP contribution in [0.5, 0.6) is 5.75 Å². The molecule has 0 bridgehead atoms. The van der Waals surface area contributed by atoms with Crippen LogP contribution in [-0.2, 0) is 4.74 Å². The van der Waals surface area contributed by atoms with E-state index in [0.717, 1.165) is 11.3 Å². The van der Waals surface area contributed by atoms with Gasteiger partial charge in [-0.2, -0.15) is 0 Å². The number of ketones is 1. The van der Waals surface area contributed by atoms with Crippen LogP contribution in [0.1, 0.15) is 15.2 Å². The summed E-state index contributed by atoms with van der Waals surface area (Å²) in [6.07, 6.45) is 3.30. The van der Waals surface area contributed by atoms with Crippen LogP contribution >= 0.6 is 22.9 Å². The molecule has 0 saturated heterocycles. The highest BCUT2D eigenvalue weighted by Crippen LogP contribution is 2.22. The molecule has 0 atom stereocenters. The Hall–Kier alpha value is -1.62. The second kappa shape index (κ2) is 7.98. The molecular weight excluding hydrogens is 308 g/mol. The monoisotopic (exact) mass is 322 g/mol. The van der Waals surface area contributed by atoms with Gasteiger partial charge in [-0.25, -0.2) is 0 Å². The van der Waals surface area contributed by atoms with E-state index in [2.05, 4.69) is 0 Å². The SMILES string of the molecule is COCCOc1cccc(C=CC(=O)c2ccc(Cl)s2)c1. The molecule has 0 radical (unpaired) electrons. The lowest BCUT2D eigenvalue weighted by atomic mass is 10.2. The van der Waals surface area contributed by atoms with Crippen molar-refractivity contribution in [1.29, 1.82) is 0 Å². The van der Waals surface area contributed by atoms with E-state index in [1.165, 1.54) is 17.4 Å². The van der Waals surface area contributed by atoms with Crippen molar-refractivity contribution in [2.75, 3.05) is 20.3 Å². The Morgan fingerprint density at radius 3 is 2.86 bits per heavy atom. The number of halogens is 1. The van der Waals surface area contributed by atoms with Crippen molar-refractivity contribution in [3.8, 4) is 5.75 Å². The smallest absolute Gasteiger partial charge is 0.195 e. The molecule has 0 saturated carbocycles. The van der Waals surface area contributed by atoms with Gasteiger partial charge in [0.2, 0.25) is 0 Å². The topological polar surface area (TPSA) is 35.5 Å². The van der Waals surface area contributed by atoms with Gasteiger partial charge in [-0.15, -0.1) is 11.3 Å². The first-order chi connectivity index (χ1) is 10.2. The maximum Gasteiger partial charge on any atom is 0.195 e. The summed E-state index contributed by atoms with van der Waals surface area (Å²) in [5.41, 5.74) is 0.904. The first kappa shape index (κ1) is 15.8. The molecule has 0 amide bonds. The molecule has 110 valence electrons. The maximum absolute atomic E-state index is 11.9. The first-order valence-corrected chi connectivity index (χ1v) is 7.58. The lowest BCUT2D eigenvalue weighted by Gasteiger charge is -2.05. The van der Waals surface area contributed by atoms with Crippen LogP contribution in [0.15, 0.2) is 42.5 Å². The molecule has 3 nitrogen and oxygen atoms in total. The second-order valence-electron chi connectivity index (χ2n) is 4.22. The van der Waals surface area contributed by atoms with Crippen molar-refractivity contribution in [1.82, 2.24) is 0 Å². The van der Waals surface area contributed by atoms with Crippen molar-refractivity contribution < 1.29 is 14.3 Å². The number of carbonyl (C=O) groups excluding carboxylic acids is 1. The second-order valence-corrected chi connectivity index (χ2v) is 5.93. The van der Waals surface area contributed by atoms with Crippen molar-refractivity contribution in [3.05, 3.63) is 57.3 Å². The fourth-order valence-corrected chi connectivity index (χ4v) is 2.61. The summed E-state index contributed by atoms with van der Waals surface area (Å²) >= 11 is 7.09. The Balaban J connectivity index is 2.00. The number of hydrogen-bond acceptors (Lipinski definition) is 4. The Kier molecular flexibility index (Phi) is 5.99. The quantitative estimate of drug-likeness (QED) is 0.432. The Bertz CT molecular complexity index is 634. The standard InChI is InChI=1S/C16H15ClO3S/c1-19-9-10-20-13-4-2-3-12(11-13)5-6-14(18)15-7-8-16(17)21-15/h2-8,11H,9-10H2,1H3. The summed E-state index contributed by atoms with van der Waals surface area (Å²) in [6, 6.07) is 11.0. The molecule has 2 aromatic rings. The van der Waals surface area contributed by atoms with Crippen LogP contribution in [-0.4, -0.2) is 26.1 Å². The number of methoxy groups -OCH3 is 1. The Morgan fingerprint density at radius 1 is 1.29 bits per heavy atom. The van der Waals surface area contributed by atoms with Gasteiger partial charge in [0.15, 0.2) is 5.78 Å². The zero-order chi connectivity index (χ0) is 15.1. The zero-order valence-electron chi connectivity index (χ0n) is 11.5. The molecule has 1 heterocycles. The molecule has 21 heavy (non-hydrogen) atoms. The van der Waals surface area contributed by atoms with Gasteiger partial charge in [0.25, 0.3) is 0 Å². The van der Waals surface area contributed by atoms with Gasteiger partial charge in [0.05, 0.1) is 15.8 Å². The van der Waals surface area contributed by atoms with Gasteiger partial charge in [-0.3, -0.25) is 4.79 Å². The summed E-state index contributed by atoms with van der Waals surface area (Å²) < 4.78 is 11.1. The summed E-state index contributed by atoms with van der Waals surface area (Å²) in [6.45, 7) is 1.04. The predicted molar refractivity (Wildman–Crippen MR) is 86.5 cm³/mol. The molecule has 0 N–H and O–H groups in total. The minimum Gasteiger partial charge on any atom is -0.491 e. The summed E-state index contributed by atoms with van der Waals surface area (Å²) in [5.74, 6) is 0.693. The highest BCUT2D eigenvalue weighted by molar-refractivity contribution is 7.18. The molecule has 0 aliphatic carbocycles. The molecule has 0 fully saturated rings. The third-order valence-corrected chi connectivity index (χ3v) is 3.90. The average molecular weight is 323 g/mol. The first-order valence-electron chi connectivity index (χ1n) is 6.38. The zero-order valence-corrected chi connectivity index (χ0v) is 13.1. The fraction of sp³-hybridized carbons (Fsp3) is 0.188. The van der Waals surface area contributed by atoms with Crippen molar-refractivity contribution in [2.24, 2.45) is 0 Å². The van der Waals surface area contributed by atoms with E-state index in [0.29, 0.717) is 22.4 Å². The Morgan fingerprint density at radius 2 is 2.14 bits per heavy atom. The van der Waals surface area contributed by atoms with Gasteiger partial charge >= 0.3 is 0 Å². The van der Waals surface area contributed by atoms with Crippen LogP contribution in [0.4, 0.5) is 0 Å². The third kappa shape index (κ3) is 5.01. The molecule has 0 aliphatic heterocycles. The van der Waals surface area contributed by atoms with Crippen molar-refractivity contribution in [2.45, 2.75) is 0 Å². The van der Waals surface area contributed by atoms with Gasteiger partial charge in [-0.05, 0) is 35.9 Å². The number of carbonyl (C=O) groups is 1.